The molecule has 2 atom stereocenters. The van der Waals surface area contributed by atoms with Gasteiger partial charge < -0.3 is 14.4 Å². The molecule has 0 saturated carbocycles. The van der Waals surface area contributed by atoms with E-state index in [2.05, 4.69) is 4.74 Å². The number of hydrogen-bond donors (Lipinski definition) is 0. The van der Waals surface area contributed by atoms with Crippen molar-refractivity contribution in [3.8, 4) is 5.75 Å². The summed E-state index contributed by atoms with van der Waals surface area (Å²) in [6, 6.07) is 2.20. The predicted octanol–water partition coefficient (Wildman–Crippen LogP) is 7.85. The number of ether oxygens (including phenoxy) is 2. The molecule has 0 N–H and O–H groups in total. The van der Waals surface area contributed by atoms with Crippen LogP contribution < -0.4 is 9.64 Å². The Morgan fingerprint density at radius 2 is 1.51 bits per heavy atom. The van der Waals surface area contributed by atoms with E-state index in [4.69, 9.17) is 4.74 Å². The lowest BCUT2D eigenvalue weighted by Crippen LogP contribution is -2.42. The molecule has 1 heterocycles. The van der Waals surface area contributed by atoms with Crippen LogP contribution in [0.2, 0.25) is 0 Å². The lowest BCUT2D eigenvalue weighted by Gasteiger charge is -2.31. The van der Waals surface area contributed by atoms with Gasteiger partial charge in [-0.25, -0.2) is 9.59 Å². The number of alkyl halides is 9. The summed E-state index contributed by atoms with van der Waals surface area (Å²) in [5.74, 6) is -0.802. The first-order valence-corrected chi connectivity index (χ1v) is 12.7. The highest BCUT2D eigenvalue weighted by Crippen LogP contribution is 2.42. The molecule has 238 valence electrons. The minimum Gasteiger partial charge on any atom is -0.439 e. The number of urea groups is 1. The van der Waals surface area contributed by atoms with Crippen LogP contribution in [-0.2, 0) is 23.6 Å². The van der Waals surface area contributed by atoms with E-state index in [1.54, 1.807) is 13.8 Å². The number of cyclic esters (lactones) is 1. The van der Waals surface area contributed by atoms with Crippen molar-refractivity contribution in [3.05, 3.63) is 58.7 Å². The van der Waals surface area contributed by atoms with Crippen molar-refractivity contribution in [3.63, 3.8) is 0 Å². The van der Waals surface area contributed by atoms with Crippen LogP contribution in [0.1, 0.15) is 49.1 Å². The number of amides is 3. The zero-order valence-electron chi connectivity index (χ0n) is 23.5. The Morgan fingerprint density at radius 3 is 1.98 bits per heavy atom. The second-order valence-corrected chi connectivity index (χ2v) is 10.5. The van der Waals surface area contributed by atoms with Crippen molar-refractivity contribution in [1.82, 2.24) is 9.80 Å². The van der Waals surface area contributed by atoms with Crippen molar-refractivity contribution in [2.75, 3.05) is 25.5 Å². The lowest BCUT2D eigenvalue weighted by molar-refractivity contribution is -0.274. The smallest absolute Gasteiger partial charge is 0.439 e. The number of benzene rings is 2. The van der Waals surface area contributed by atoms with Crippen LogP contribution in [-0.4, -0.2) is 55.0 Å². The zero-order chi connectivity index (χ0) is 32.7. The monoisotopic (exact) mass is 629 g/mol. The number of halogens is 9. The number of carbonyl (C=O) groups excluding carboxylic acids is 2. The fourth-order valence-electron chi connectivity index (χ4n) is 4.52. The summed E-state index contributed by atoms with van der Waals surface area (Å²) in [6.45, 7) is 4.45. The highest BCUT2D eigenvalue weighted by Gasteiger charge is 2.44. The zero-order valence-corrected chi connectivity index (χ0v) is 23.5. The summed E-state index contributed by atoms with van der Waals surface area (Å²) in [5.41, 5.74) is -3.72. The van der Waals surface area contributed by atoms with E-state index < -0.39 is 72.0 Å². The summed E-state index contributed by atoms with van der Waals surface area (Å²) < 4.78 is 129. The number of hydrogen-bond acceptors (Lipinski definition) is 4. The predicted molar refractivity (Wildman–Crippen MR) is 135 cm³/mol. The Morgan fingerprint density at radius 1 is 0.953 bits per heavy atom. The maximum absolute atomic E-state index is 13.4. The Labute approximate surface area is 240 Å². The molecule has 0 bridgehead atoms. The minimum absolute atomic E-state index is 0.0259. The molecule has 3 rings (SSSR count). The molecule has 1 fully saturated rings. The van der Waals surface area contributed by atoms with E-state index in [0.717, 1.165) is 17.0 Å². The molecule has 1 saturated heterocycles. The molecular formula is C27H28F9N3O4. The van der Waals surface area contributed by atoms with E-state index >= 15 is 0 Å². The first-order valence-electron chi connectivity index (χ1n) is 12.7. The van der Waals surface area contributed by atoms with Gasteiger partial charge in [-0.3, -0.25) is 9.80 Å². The number of anilines is 1. The van der Waals surface area contributed by atoms with E-state index in [1.165, 1.54) is 36.9 Å². The molecule has 0 radical (unpaired) electrons. The Balaban J connectivity index is 2.08. The second kappa shape index (κ2) is 12.0. The molecule has 43 heavy (non-hydrogen) atoms. The fourth-order valence-corrected chi connectivity index (χ4v) is 4.52. The topological polar surface area (TPSA) is 62.3 Å². The third kappa shape index (κ3) is 8.16. The maximum Gasteiger partial charge on any atom is 0.573 e. The Hall–Kier alpha value is -3.85. The first-order chi connectivity index (χ1) is 19.6. The van der Waals surface area contributed by atoms with Gasteiger partial charge in [-0.1, -0.05) is 13.8 Å². The largest absolute Gasteiger partial charge is 0.573 e. The Bertz CT molecular complexity index is 1310. The summed E-state index contributed by atoms with van der Waals surface area (Å²) in [4.78, 5) is 29.4. The average Bonchev–Trinajstić information content (AvgIpc) is 3.13. The van der Waals surface area contributed by atoms with Gasteiger partial charge in [0, 0.05) is 20.6 Å². The summed E-state index contributed by atoms with van der Waals surface area (Å²) in [5, 5.41) is 0. The fraction of sp³-hybridized carbons (Fsp3) is 0.481. The second-order valence-electron chi connectivity index (χ2n) is 10.5. The molecule has 2 aromatic carbocycles. The molecule has 0 unspecified atom stereocenters. The van der Waals surface area contributed by atoms with Crippen LogP contribution in [0, 0.1) is 5.92 Å². The SMILES string of the molecule is CC(C)CN(C(=O)N(C)C)c1ccc(OC(F)(F)F)cc1CN1C(=O)O[C@H](c2cc(C(F)(F)F)cc(C(F)(F)F)c2)[C@@H]1C. The van der Waals surface area contributed by atoms with Gasteiger partial charge >= 0.3 is 30.8 Å². The molecule has 2 aromatic rings. The van der Waals surface area contributed by atoms with Crippen LogP contribution >= 0.6 is 0 Å². The molecule has 3 amide bonds. The third-order valence-corrected chi connectivity index (χ3v) is 6.41. The maximum atomic E-state index is 13.4. The van der Waals surface area contributed by atoms with Crippen molar-refractivity contribution >= 4 is 17.8 Å². The quantitative estimate of drug-likeness (QED) is 0.293. The van der Waals surface area contributed by atoms with Gasteiger partial charge in [-0.05, 0) is 60.4 Å². The van der Waals surface area contributed by atoms with Crippen LogP contribution in [0.5, 0.6) is 5.75 Å². The van der Waals surface area contributed by atoms with Crippen molar-refractivity contribution in [2.24, 2.45) is 5.92 Å². The normalized spacial score (nSPS) is 17.7. The van der Waals surface area contributed by atoms with Crippen LogP contribution in [0.4, 0.5) is 54.8 Å². The average molecular weight is 630 g/mol. The summed E-state index contributed by atoms with van der Waals surface area (Å²) in [7, 11) is 2.90. The van der Waals surface area contributed by atoms with Gasteiger partial charge in [0.25, 0.3) is 0 Å². The molecule has 0 aliphatic carbocycles. The van der Waals surface area contributed by atoms with Crippen LogP contribution in [0.3, 0.4) is 0 Å². The van der Waals surface area contributed by atoms with Crippen molar-refractivity contribution in [1.29, 1.82) is 0 Å². The van der Waals surface area contributed by atoms with E-state index in [1.807, 2.05) is 0 Å². The molecular weight excluding hydrogens is 601 g/mol. The van der Waals surface area contributed by atoms with E-state index in [0.29, 0.717) is 12.1 Å². The standard InChI is InChI=1S/C27H28F9N3O4/c1-14(2)12-39(23(40)37(4)5)21-7-6-20(43-27(34,35)36)10-17(21)13-38-15(3)22(42-24(38)41)16-8-18(25(28,29)30)11-19(9-16)26(31,32)33/h6-11,14-15,22H,12-13H2,1-5H3/t15-,22-/m0/s1. The van der Waals surface area contributed by atoms with Gasteiger partial charge in [0.15, 0.2) is 0 Å². The molecule has 0 spiro atoms. The van der Waals surface area contributed by atoms with Crippen LogP contribution in [0.15, 0.2) is 36.4 Å². The van der Waals surface area contributed by atoms with Crippen LogP contribution in [0.25, 0.3) is 0 Å². The number of nitrogens with zero attached hydrogens (tertiary/aromatic N) is 3. The van der Waals surface area contributed by atoms with Gasteiger partial charge in [-0.2, -0.15) is 26.3 Å². The highest BCUT2D eigenvalue weighted by molar-refractivity contribution is 5.92. The first kappa shape index (κ1) is 33.6. The van der Waals surface area contributed by atoms with Gasteiger partial charge in [0.1, 0.15) is 11.9 Å². The van der Waals surface area contributed by atoms with Gasteiger partial charge in [0.05, 0.1) is 29.4 Å². The third-order valence-electron chi connectivity index (χ3n) is 6.41. The number of carbonyl (C=O) groups is 2. The molecule has 1 aliphatic heterocycles. The van der Waals surface area contributed by atoms with Crippen molar-refractivity contribution in [2.45, 2.75) is 58.2 Å². The molecule has 0 aromatic heterocycles. The van der Waals surface area contributed by atoms with Gasteiger partial charge in [-0.15, -0.1) is 13.2 Å². The van der Waals surface area contributed by atoms with E-state index in [-0.39, 0.29) is 29.8 Å². The minimum atomic E-state index is -5.14. The van der Waals surface area contributed by atoms with E-state index in [9.17, 15) is 49.1 Å². The molecule has 7 nitrogen and oxygen atoms in total. The van der Waals surface area contributed by atoms with Gasteiger partial charge in [0.2, 0.25) is 0 Å². The molecule has 1 aliphatic rings. The number of rotatable bonds is 7. The molecule has 16 heteroatoms. The summed E-state index contributed by atoms with van der Waals surface area (Å²) >= 11 is 0. The lowest BCUT2D eigenvalue weighted by atomic mass is 9.97. The van der Waals surface area contributed by atoms with Crippen molar-refractivity contribution < 1.29 is 58.6 Å². The summed E-state index contributed by atoms with van der Waals surface area (Å²) in [6.07, 6.45) is -18.1. The Kier molecular flexibility index (Phi) is 9.42. The highest BCUT2D eigenvalue weighted by atomic mass is 19.4.